The average Bonchev–Trinajstić information content (AvgIpc) is 2.51. The van der Waals surface area contributed by atoms with Crippen LogP contribution < -0.4 is 10.5 Å². The van der Waals surface area contributed by atoms with Gasteiger partial charge in [-0.2, -0.15) is 0 Å². The Morgan fingerprint density at radius 3 is 2.80 bits per heavy atom. The number of amides is 2. The summed E-state index contributed by atoms with van der Waals surface area (Å²) in [5, 5.41) is 0. The lowest BCUT2D eigenvalue weighted by atomic mass is 9.94. The summed E-state index contributed by atoms with van der Waals surface area (Å²) in [6.45, 7) is 6.14. The van der Waals surface area contributed by atoms with Gasteiger partial charge in [-0.1, -0.05) is 20.8 Å². The molecule has 5 nitrogen and oxygen atoms in total. The van der Waals surface area contributed by atoms with Crippen molar-refractivity contribution >= 4 is 18.0 Å². The van der Waals surface area contributed by atoms with Crippen LogP contribution in [0.15, 0.2) is 10.6 Å². The van der Waals surface area contributed by atoms with E-state index in [1.165, 1.54) is 0 Å². The maximum Gasteiger partial charge on any atom is 0.322 e. The number of hydrogen-bond acceptors (Lipinski definition) is 4. The number of hydrogen-bond donors (Lipinski definition) is 2. The van der Waals surface area contributed by atoms with E-state index in [2.05, 4.69) is 9.71 Å². The first-order valence-corrected chi connectivity index (χ1v) is 5.50. The summed E-state index contributed by atoms with van der Waals surface area (Å²) in [6, 6.07) is -0.567. The van der Waals surface area contributed by atoms with Crippen LogP contribution in [0, 0.1) is 0 Å². The molecule has 0 aliphatic heterocycles. The van der Waals surface area contributed by atoms with Crippen molar-refractivity contribution in [3.63, 3.8) is 0 Å². The summed E-state index contributed by atoms with van der Waals surface area (Å²) >= 11 is 1.16. The Bertz CT molecular complexity index is 343. The molecule has 1 aromatic heterocycles. The fraction of sp³-hybridized carbons (Fsp3) is 0.556. The van der Waals surface area contributed by atoms with Crippen LogP contribution in [0.25, 0.3) is 0 Å². The third kappa shape index (κ3) is 3.83. The van der Waals surface area contributed by atoms with Crippen molar-refractivity contribution in [3.05, 3.63) is 17.8 Å². The van der Waals surface area contributed by atoms with Crippen LogP contribution >= 0.6 is 11.9 Å². The van der Waals surface area contributed by atoms with E-state index in [4.69, 9.17) is 10.2 Å². The predicted octanol–water partition coefficient (Wildman–Crippen LogP) is 1.79. The molecule has 0 unspecified atom stereocenters. The summed E-state index contributed by atoms with van der Waals surface area (Å²) in [6.07, 6.45) is 1.71. The molecule has 1 rings (SSSR count). The Kier molecular flexibility index (Phi) is 3.62. The van der Waals surface area contributed by atoms with Crippen molar-refractivity contribution in [1.82, 2.24) is 9.71 Å². The molecule has 0 aliphatic rings. The summed E-state index contributed by atoms with van der Waals surface area (Å²) in [5.41, 5.74) is 4.86. The Balaban J connectivity index is 2.50. The number of nitrogens with one attached hydrogen (secondary N) is 1. The Morgan fingerprint density at radius 1 is 1.67 bits per heavy atom. The molecular formula is C9H15N3O2S. The summed E-state index contributed by atoms with van der Waals surface area (Å²) in [5.74, 6) is 1.88. The second-order valence-corrected chi connectivity index (χ2v) is 4.90. The average molecular weight is 229 g/mol. The topological polar surface area (TPSA) is 81.1 Å². The van der Waals surface area contributed by atoms with Gasteiger partial charge in [-0.05, 0) is 11.9 Å². The number of nitrogens with two attached hydrogens (primary N) is 1. The normalized spacial score (nSPS) is 11.4. The maximum absolute atomic E-state index is 10.4. The van der Waals surface area contributed by atoms with E-state index in [9.17, 15) is 4.79 Å². The molecule has 0 radical (unpaired) electrons. The fourth-order valence-corrected chi connectivity index (χ4v) is 1.36. The van der Waals surface area contributed by atoms with Crippen molar-refractivity contribution in [1.29, 1.82) is 0 Å². The van der Waals surface area contributed by atoms with Crippen molar-refractivity contribution in [2.24, 2.45) is 5.73 Å². The van der Waals surface area contributed by atoms with E-state index in [0.29, 0.717) is 11.6 Å². The Morgan fingerprint density at radius 2 is 2.33 bits per heavy atom. The van der Waals surface area contributed by atoms with Gasteiger partial charge < -0.3 is 10.2 Å². The fourth-order valence-electron chi connectivity index (χ4n) is 0.893. The van der Waals surface area contributed by atoms with Crippen LogP contribution in [0.4, 0.5) is 4.79 Å². The minimum absolute atomic E-state index is 0.0486. The lowest BCUT2D eigenvalue weighted by molar-refractivity contribution is 0.254. The van der Waals surface area contributed by atoms with Gasteiger partial charge >= 0.3 is 6.03 Å². The quantitative estimate of drug-likeness (QED) is 0.774. The number of nitrogens with zero attached hydrogens (tertiary/aromatic N) is 1. The Labute approximate surface area is 92.9 Å². The third-order valence-electron chi connectivity index (χ3n) is 1.66. The summed E-state index contributed by atoms with van der Waals surface area (Å²) in [7, 11) is 0. The van der Waals surface area contributed by atoms with Gasteiger partial charge in [0.15, 0.2) is 0 Å². The van der Waals surface area contributed by atoms with Gasteiger partial charge in [0.05, 0.1) is 11.9 Å². The number of carbonyl (C=O) groups excluding carboxylic acids is 1. The van der Waals surface area contributed by atoms with Gasteiger partial charge in [0.1, 0.15) is 5.76 Å². The summed E-state index contributed by atoms with van der Waals surface area (Å²) < 4.78 is 7.90. The van der Waals surface area contributed by atoms with Gasteiger partial charge in [-0.15, -0.1) is 0 Å². The number of urea groups is 1. The molecule has 0 spiro atoms. The molecule has 0 aromatic carbocycles. The number of aromatic nitrogens is 1. The van der Waals surface area contributed by atoms with E-state index in [-0.39, 0.29) is 5.41 Å². The largest absolute Gasteiger partial charge is 0.444 e. The van der Waals surface area contributed by atoms with Crippen molar-refractivity contribution in [2.75, 3.05) is 0 Å². The molecule has 1 heterocycles. The third-order valence-corrected chi connectivity index (χ3v) is 2.40. The maximum atomic E-state index is 10.4. The van der Waals surface area contributed by atoms with Crippen LogP contribution in [0.5, 0.6) is 0 Å². The standard InChI is InChI=1S/C9H15N3O2S/c1-9(2,3)6-4-11-7(14-6)5-15-12-8(10)13/h4H,5H2,1-3H3,(H3,10,12,13). The highest BCUT2D eigenvalue weighted by Crippen LogP contribution is 2.23. The second-order valence-electron chi connectivity index (χ2n) is 4.12. The number of carbonyl (C=O) groups is 1. The van der Waals surface area contributed by atoms with E-state index in [0.717, 1.165) is 17.7 Å². The molecule has 84 valence electrons. The first-order valence-electron chi connectivity index (χ1n) is 4.52. The van der Waals surface area contributed by atoms with Crippen molar-refractivity contribution < 1.29 is 9.21 Å². The zero-order valence-corrected chi connectivity index (χ0v) is 9.85. The smallest absolute Gasteiger partial charge is 0.322 e. The zero-order valence-electron chi connectivity index (χ0n) is 9.03. The first-order chi connectivity index (χ1) is 6.89. The molecule has 0 fully saturated rings. The zero-order chi connectivity index (χ0) is 11.5. The molecule has 1 aromatic rings. The van der Waals surface area contributed by atoms with Crippen molar-refractivity contribution in [3.8, 4) is 0 Å². The monoisotopic (exact) mass is 229 g/mol. The molecule has 2 amide bonds. The highest BCUT2D eigenvalue weighted by atomic mass is 32.2. The van der Waals surface area contributed by atoms with Crippen LogP contribution in [0.2, 0.25) is 0 Å². The summed E-state index contributed by atoms with van der Waals surface area (Å²) in [4.78, 5) is 14.5. The molecule has 15 heavy (non-hydrogen) atoms. The van der Waals surface area contributed by atoms with Gasteiger partial charge in [-0.25, -0.2) is 9.78 Å². The first kappa shape index (κ1) is 11.9. The molecule has 0 bridgehead atoms. The van der Waals surface area contributed by atoms with Gasteiger partial charge in [0, 0.05) is 5.41 Å². The van der Waals surface area contributed by atoms with E-state index in [1.807, 2.05) is 20.8 Å². The minimum atomic E-state index is -0.567. The second kappa shape index (κ2) is 4.57. The van der Waals surface area contributed by atoms with Crippen LogP contribution in [-0.4, -0.2) is 11.0 Å². The van der Waals surface area contributed by atoms with Crippen LogP contribution in [-0.2, 0) is 11.2 Å². The van der Waals surface area contributed by atoms with E-state index in [1.54, 1.807) is 6.20 Å². The molecule has 0 saturated heterocycles. The number of primary amides is 1. The van der Waals surface area contributed by atoms with Crippen LogP contribution in [0.3, 0.4) is 0 Å². The SMILES string of the molecule is CC(C)(C)c1cnc(CSNC(N)=O)o1. The molecule has 6 heteroatoms. The molecule has 0 saturated carbocycles. The predicted molar refractivity (Wildman–Crippen MR) is 59.2 cm³/mol. The highest BCUT2D eigenvalue weighted by Gasteiger charge is 2.18. The number of rotatable bonds is 3. The van der Waals surface area contributed by atoms with Gasteiger partial charge in [-0.3, -0.25) is 4.72 Å². The number of oxazole rings is 1. The molecular weight excluding hydrogens is 214 g/mol. The molecule has 3 N–H and O–H groups in total. The molecule has 0 aliphatic carbocycles. The lowest BCUT2D eigenvalue weighted by Gasteiger charge is -2.12. The molecule has 0 atom stereocenters. The van der Waals surface area contributed by atoms with E-state index < -0.39 is 6.03 Å². The van der Waals surface area contributed by atoms with Crippen LogP contribution in [0.1, 0.15) is 32.4 Å². The lowest BCUT2D eigenvalue weighted by Crippen LogP contribution is -2.23. The van der Waals surface area contributed by atoms with Crippen molar-refractivity contribution in [2.45, 2.75) is 31.9 Å². The van der Waals surface area contributed by atoms with Gasteiger partial charge in [0.25, 0.3) is 0 Å². The van der Waals surface area contributed by atoms with Gasteiger partial charge in [0.2, 0.25) is 5.89 Å². The van der Waals surface area contributed by atoms with E-state index >= 15 is 0 Å². The minimum Gasteiger partial charge on any atom is -0.444 e. The highest BCUT2D eigenvalue weighted by molar-refractivity contribution is 7.97. The Hall–Kier alpha value is -1.17.